The second-order valence-electron chi connectivity index (χ2n) is 7.52. The van der Waals surface area contributed by atoms with Crippen molar-refractivity contribution in [3.8, 4) is 0 Å². The Morgan fingerprint density at radius 3 is 2.42 bits per heavy atom. The lowest BCUT2D eigenvalue weighted by molar-refractivity contribution is 0.295. The summed E-state index contributed by atoms with van der Waals surface area (Å²) in [4.78, 5) is 0.477. The molecule has 0 unspecified atom stereocenters. The second-order valence-corrected chi connectivity index (χ2v) is 9.48. The van der Waals surface area contributed by atoms with Gasteiger partial charge in [-0.1, -0.05) is 74.7 Å². The molecule has 0 amide bonds. The molecule has 3 nitrogen and oxygen atoms in total. The molecular weight excluding hydrogens is 342 g/mol. The first kappa shape index (κ1) is 19.1. The number of hydrogen-bond donors (Lipinski definition) is 1. The molecule has 0 fully saturated rings. The van der Waals surface area contributed by atoms with Crippen molar-refractivity contribution < 1.29 is 8.42 Å². The van der Waals surface area contributed by atoms with Crippen LogP contribution in [0.25, 0.3) is 0 Å². The van der Waals surface area contributed by atoms with E-state index in [0.29, 0.717) is 4.90 Å². The van der Waals surface area contributed by atoms with Gasteiger partial charge < -0.3 is 0 Å². The highest BCUT2D eigenvalue weighted by atomic mass is 32.2. The number of hydrogen-bond acceptors (Lipinski definition) is 3. The summed E-state index contributed by atoms with van der Waals surface area (Å²) in [5.41, 5.74) is 2.79. The average molecular weight is 372 g/mol. The number of fused-ring (bicyclic) bond motifs is 1. The van der Waals surface area contributed by atoms with Gasteiger partial charge in [0, 0.05) is 5.54 Å². The molecule has 1 N–H and O–H groups in total. The van der Waals surface area contributed by atoms with E-state index in [1.54, 1.807) is 6.07 Å². The highest BCUT2D eigenvalue weighted by Gasteiger charge is 2.41. The molecule has 2 aromatic carbocycles. The van der Waals surface area contributed by atoms with Gasteiger partial charge in [0.1, 0.15) is 0 Å². The van der Waals surface area contributed by atoms with E-state index >= 15 is 0 Å². The van der Waals surface area contributed by atoms with Gasteiger partial charge in [-0.05, 0) is 37.0 Å². The molecule has 0 bridgehead atoms. The SMILES string of the molecule is CCCC[C@]1(CC)CS(=O)(=O)c2ccccc2[C@H](c2ccc(C)cc2)N1. The largest absolute Gasteiger partial charge is 0.300 e. The van der Waals surface area contributed by atoms with Crippen LogP contribution in [-0.4, -0.2) is 19.7 Å². The quantitative estimate of drug-likeness (QED) is 0.821. The number of rotatable bonds is 5. The smallest absolute Gasteiger partial charge is 0.180 e. The molecule has 0 aromatic heterocycles. The van der Waals surface area contributed by atoms with Gasteiger partial charge in [-0.15, -0.1) is 0 Å². The molecule has 1 aliphatic rings. The van der Waals surface area contributed by atoms with Crippen LogP contribution in [0.15, 0.2) is 53.4 Å². The molecule has 1 heterocycles. The number of aryl methyl sites for hydroxylation is 1. The van der Waals surface area contributed by atoms with Gasteiger partial charge in [-0.3, -0.25) is 5.32 Å². The van der Waals surface area contributed by atoms with E-state index in [1.165, 1.54) is 5.56 Å². The molecular formula is C22H29NO2S. The summed E-state index contributed by atoms with van der Waals surface area (Å²) in [7, 11) is -3.34. The number of sulfone groups is 1. The van der Waals surface area contributed by atoms with E-state index in [2.05, 4.69) is 50.4 Å². The van der Waals surface area contributed by atoms with Gasteiger partial charge in [-0.2, -0.15) is 0 Å². The first-order chi connectivity index (χ1) is 12.4. The highest BCUT2D eigenvalue weighted by molar-refractivity contribution is 7.91. The lowest BCUT2D eigenvalue weighted by Gasteiger charge is -2.36. The molecule has 2 atom stereocenters. The number of benzene rings is 2. The summed E-state index contributed by atoms with van der Waals surface area (Å²) < 4.78 is 26.4. The number of nitrogens with one attached hydrogen (secondary N) is 1. The lowest BCUT2D eigenvalue weighted by Crippen LogP contribution is -2.50. The molecule has 0 spiro atoms. The molecule has 0 radical (unpaired) electrons. The normalized spacial score (nSPS) is 24.7. The van der Waals surface area contributed by atoms with Crippen molar-refractivity contribution >= 4 is 9.84 Å². The highest BCUT2D eigenvalue weighted by Crippen LogP contribution is 2.37. The van der Waals surface area contributed by atoms with Crippen molar-refractivity contribution in [2.45, 2.75) is 62.9 Å². The van der Waals surface area contributed by atoms with Crippen molar-refractivity contribution in [3.05, 3.63) is 65.2 Å². The maximum absolute atomic E-state index is 13.2. The molecule has 3 rings (SSSR count). The minimum atomic E-state index is -3.34. The Labute approximate surface area is 157 Å². The van der Waals surface area contributed by atoms with Gasteiger partial charge >= 0.3 is 0 Å². The fourth-order valence-corrected chi connectivity index (χ4v) is 6.08. The van der Waals surface area contributed by atoms with Gasteiger partial charge in [0.2, 0.25) is 0 Å². The fourth-order valence-electron chi connectivity index (χ4n) is 3.93. The van der Waals surface area contributed by atoms with Gasteiger partial charge in [0.15, 0.2) is 9.84 Å². The van der Waals surface area contributed by atoms with E-state index in [-0.39, 0.29) is 11.8 Å². The van der Waals surface area contributed by atoms with Crippen LogP contribution in [0.4, 0.5) is 0 Å². The van der Waals surface area contributed by atoms with Crippen LogP contribution in [-0.2, 0) is 9.84 Å². The molecule has 26 heavy (non-hydrogen) atoms. The average Bonchev–Trinajstić information content (AvgIpc) is 2.74. The van der Waals surface area contributed by atoms with Crippen molar-refractivity contribution in [1.82, 2.24) is 5.32 Å². The zero-order valence-corrected chi connectivity index (χ0v) is 16.8. The Kier molecular flexibility index (Phi) is 5.54. The minimum absolute atomic E-state index is 0.110. The Hall–Kier alpha value is -1.65. The van der Waals surface area contributed by atoms with Crippen LogP contribution in [0, 0.1) is 6.92 Å². The van der Waals surface area contributed by atoms with Gasteiger partial charge in [0.25, 0.3) is 0 Å². The van der Waals surface area contributed by atoms with E-state index in [4.69, 9.17) is 0 Å². The van der Waals surface area contributed by atoms with Crippen molar-refractivity contribution in [2.24, 2.45) is 0 Å². The molecule has 4 heteroatoms. The van der Waals surface area contributed by atoms with Gasteiger partial charge in [-0.25, -0.2) is 8.42 Å². The van der Waals surface area contributed by atoms with Crippen LogP contribution in [0.1, 0.15) is 62.3 Å². The fraction of sp³-hybridized carbons (Fsp3) is 0.455. The predicted molar refractivity (Wildman–Crippen MR) is 107 cm³/mol. The molecule has 0 saturated heterocycles. The third-order valence-electron chi connectivity index (χ3n) is 5.58. The minimum Gasteiger partial charge on any atom is -0.300 e. The van der Waals surface area contributed by atoms with Crippen LogP contribution in [0.2, 0.25) is 0 Å². The first-order valence-electron chi connectivity index (χ1n) is 9.57. The second kappa shape index (κ2) is 7.53. The lowest BCUT2D eigenvalue weighted by atomic mass is 9.88. The zero-order chi connectivity index (χ0) is 18.8. The van der Waals surface area contributed by atoms with Crippen LogP contribution in [0.3, 0.4) is 0 Å². The van der Waals surface area contributed by atoms with Crippen LogP contribution >= 0.6 is 0 Å². The van der Waals surface area contributed by atoms with Crippen LogP contribution in [0.5, 0.6) is 0 Å². The maximum atomic E-state index is 13.2. The van der Waals surface area contributed by atoms with E-state index in [0.717, 1.165) is 36.8 Å². The molecule has 140 valence electrons. The topological polar surface area (TPSA) is 46.2 Å². The Balaban J connectivity index is 2.17. The molecule has 1 aliphatic heterocycles. The van der Waals surface area contributed by atoms with E-state index in [1.807, 2.05) is 18.2 Å². The summed E-state index contributed by atoms with van der Waals surface area (Å²) in [6.07, 6.45) is 3.75. The third-order valence-corrected chi connectivity index (χ3v) is 7.55. The summed E-state index contributed by atoms with van der Waals surface area (Å²) in [5, 5.41) is 3.78. The van der Waals surface area contributed by atoms with Gasteiger partial charge in [0.05, 0.1) is 16.7 Å². The van der Waals surface area contributed by atoms with Crippen molar-refractivity contribution in [1.29, 1.82) is 0 Å². The first-order valence-corrected chi connectivity index (χ1v) is 11.2. The Morgan fingerprint density at radius 2 is 1.77 bits per heavy atom. The van der Waals surface area contributed by atoms with Crippen LogP contribution < -0.4 is 5.32 Å². The zero-order valence-electron chi connectivity index (χ0n) is 16.0. The summed E-state index contributed by atoms with van der Waals surface area (Å²) >= 11 is 0. The predicted octanol–water partition coefficient (Wildman–Crippen LogP) is 4.80. The molecule has 2 aromatic rings. The third kappa shape index (κ3) is 3.72. The molecule has 0 aliphatic carbocycles. The van der Waals surface area contributed by atoms with Crippen molar-refractivity contribution in [2.75, 3.05) is 5.75 Å². The summed E-state index contributed by atoms with van der Waals surface area (Å²) in [6.45, 7) is 6.32. The molecule has 0 saturated carbocycles. The maximum Gasteiger partial charge on any atom is 0.180 e. The Bertz CT molecular complexity index is 858. The van der Waals surface area contributed by atoms with E-state index < -0.39 is 15.4 Å². The summed E-state index contributed by atoms with van der Waals surface area (Å²) in [6, 6.07) is 15.8. The van der Waals surface area contributed by atoms with E-state index in [9.17, 15) is 8.42 Å². The number of unbranched alkanes of at least 4 members (excludes halogenated alkanes) is 1. The summed E-state index contributed by atoms with van der Waals surface area (Å²) in [5.74, 6) is 0.163. The Morgan fingerprint density at radius 1 is 1.08 bits per heavy atom. The van der Waals surface area contributed by atoms with Crippen molar-refractivity contribution in [3.63, 3.8) is 0 Å². The monoisotopic (exact) mass is 371 g/mol. The standard InChI is InChI=1S/C22H29NO2S/c1-4-6-15-22(5-2)16-26(24,25)20-10-8-7-9-19(20)21(23-22)18-13-11-17(3)12-14-18/h7-14,21,23H,4-6,15-16H2,1-3H3/t21-,22+/m0/s1.